The zero-order valence-corrected chi connectivity index (χ0v) is 11.7. The molecule has 1 aliphatic rings. The first-order chi connectivity index (χ1) is 9.32. The van der Waals surface area contributed by atoms with Gasteiger partial charge in [-0.1, -0.05) is 0 Å². The Labute approximate surface area is 115 Å². The third-order valence-corrected chi connectivity index (χ3v) is 3.74. The van der Waals surface area contributed by atoms with Crippen molar-refractivity contribution < 1.29 is 14.7 Å². The van der Waals surface area contributed by atoms with Gasteiger partial charge in [-0.2, -0.15) is 4.98 Å². The summed E-state index contributed by atoms with van der Waals surface area (Å²) in [5, 5.41) is 8.95. The van der Waals surface area contributed by atoms with Crippen LogP contribution >= 0.6 is 0 Å². The Morgan fingerprint density at radius 2 is 2.05 bits per heavy atom. The van der Waals surface area contributed by atoms with Crippen molar-refractivity contribution in [2.75, 3.05) is 13.6 Å². The van der Waals surface area contributed by atoms with Crippen molar-refractivity contribution in [3.8, 4) is 0 Å². The molecular weight excluding hydrogens is 262 g/mol. The van der Waals surface area contributed by atoms with E-state index >= 15 is 0 Å². The van der Waals surface area contributed by atoms with Crippen LogP contribution in [0.15, 0.2) is 4.79 Å². The van der Waals surface area contributed by atoms with Gasteiger partial charge in [0.1, 0.15) is 6.04 Å². The quantitative estimate of drug-likeness (QED) is 0.833. The average molecular weight is 279 g/mol. The van der Waals surface area contributed by atoms with E-state index in [0.29, 0.717) is 29.9 Å². The van der Waals surface area contributed by atoms with Crippen LogP contribution in [0, 0.1) is 13.8 Å². The molecule has 0 saturated carbocycles. The van der Waals surface area contributed by atoms with Gasteiger partial charge in [-0.15, -0.1) is 0 Å². The van der Waals surface area contributed by atoms with Crippen LogP contribution in [0.4, 0.5) is 0 Å². The third-order valence-electron chi connectivity index (χ3n) is 3.74. The third kappa shape index (κ3) is 2.31. The molecule has 7 nitrogen and oxygen atoms in total. The normalized spacial score (nSPS) is 18.6. The zero-order chi connectivity index (χ0) is 15.0. The molecule has 1 aliphatic heterocycles. The number of aryl methyl sites for hydroxylation is 1. The molecule has 0 bridgehead atoms. The molecule has 20 heavy (non-hydrogen) atoms. The molecule has 1 unspecified atom stereocenters. The minimum atomic E-state index is -0.988. The second-order valence-electron chi connectivity index (χ2n) is 5.05. The molecule has 1 amide bonds. The second kappa shape index (κ2) is 5.07. The van der Waals surface area contributed by atoms with Crippen LogP contribution in [0.3, 0.4) is 0 Å². The topological polar surface area (TPSA) is 92.5 Å². The summed E-state index contributed by atoms with van der Waals surface area (Å²) >= 11 is 0. The van der Waals surface area contributed by atoms with Crippen LogP contribution in [0.2, 0.25) is 0 Å². The molecule has 1 atom stereocenters. The van der Waals surface area contributed by atoms with Crippen molar-refractivity contribution in [3.63, 3.8) is 0 Å². The fourth-order valence-electron chi connectivity index (χ4n) is 2.63. The largest absolute Gasteiger partial charge is 0.481 e. The molecule has 2 heterocycles. The number of aromatic nitrogens is 2. The van der Waals surface area contributed by atoms with Gasteiger partial charge in [0.15, 0.2) is 0 Å². The fraction of sp³-hybridized carbons (Fsp3) is 0.538. The molecule has 2 rings (SSSR count). The summed E-state index contributed by atoms with van der Waals surface area (Å²) in [5.74, 6) is -1.12. The van der Waals surface area contributed by atoms with Gasteiger partial charge in [0.2, 0.25) is 5.91 Å². The van der Waals surface area contributed by atoms with Crippen molar-refractivity contribution in [2.45, 2.75) is 32.7 Å². The first-order valence-corrected chi connectivity index (χ1v) is 6.38. The van der Waals surface area contributed by atoms with Crippen molar-refractivity contribution in [2.24, 2.45) is 0 Å². The number of carbonyl (C=O) groups is 2. The summed E-state index contributed by atoms with van der Waals surface area (Å²) in [6.45, 7) is 3.86. The smallest absolute Gasteiger partial charge is 0.348 e. The Hall–Kier alpha value is -2.18. The van der Waals surface area contributed by atoms with E-state index in [-0.39, 0.29) is 12.3 Å². The van der Waals surface area contributed by atoms with Crippen LogP contribution in [-0.2, 0) is 16.0 Å². The maximum Gasteiger partial charge on any atom is 0.348 e. The first-order valence-electron chi connectivity index (χ1n) is 6.38. The number of carbonyl (C=O) groups excluding carboxylic acids is 1. The highest BCUT2D eigenvalue weighted by Gasteiger charge is 2.33. The minimum absolute atomic E-state index is 0.137. The van der Waals surface area contributed by atoms with E-state index in [1.807, 2.05) is 0 Å². The Bertz CT molecular complexity index is 635. The summed E-state index contributed by atoms with van der Waals surface area (Å²) in [6, 6.07) is -0.576. The molecule has 1 N–H and O–H groups in total. The molecule has 1 aromatic rings. The number of hydrogen-bond donors (Lipinski definition) is 1. The van der Waals surface area contributed by atoms with Crippen LogP contribution in [-0.4, -0.2) is 45.0 Å². The molecule has 1 fully saturated rings. The van der Waals surface area contributed by atoms with E-state index in [2.05, 4.69) is 4.98 Å². The van der Waals surface area contributed by atoms with Crippen molar-refractivity contribution in [1.82, 2.24) is 14.5 Å². The van der Waals surface area contributed by atoms with Gasteiger partial charge in [-0.05, 0) is 20.3 Å². The molecule has 1 saturated heterocycles. The van der Waals surface area contributed by atoms with E-state index in [0.717, 1.165) is 0 Å². The molecule has 1 aromatic heterocycles. The molecule has 0 aromatic carbocycles. The average Bonchev–Trinajstić information content (AvgIpc) is 2.66. The molecule has 7 heteroatoms. The zero-order valence-electron chi connectivity index (χ0n) is 11.7. The Kier molecular flexibility index (Phi) is 3.61. The van der Waals surface area contributed by atoms with Crippen molar-refractivity contribution >= 4 is 11.9 Å². The monoisotopic (exact) mass is 279 g/mol. The number of hydrogen-bond acceptors (Lipinski definition) is 4. The number of nitrogens with zero attached hydrogens (tertiary/aromatic N) is 3. The number of rotatable bonds is 3. The number of likely N-dealkylation sites (tertiary alicyclic amines) is 1. The number of carboxylic acids is 1. The summed E-state index contributed by atoms with van der Waals surface area (Å²) in [6.07, 6.45) is 0.328. The minimum Gasteiger partial charge on any atom is -0.481 e. The number of aliphatic carboxylic acids is 1. The highest BCUT2D eigenvalue weighted by atomic mass is 16.4. The molecule has 0 radical (unpaired) electrons. The molecule has 0 aliphatic carbocycles. The van der Waals surface area contributed by atoms with Gasteiger partial charge in [0, 0.05) is 30.5 Å². The van der Waals surface area contributed by atoms with E-state index in [1.54, 1.807) is 25.8 Å². The van der Waals surface area contributed by atoms with Crippen molar-refractivity contribution in [1.29, 1.82) is 0 Å². The predicted molar refractivity (Wildman–Crippen MR) is 70.6 cm³/mol. The van der Waals surface area contributed by atoms with Gasteiger partial charge in [0.05, 0.1) is 6.42 Å². The van der Waals surface area contributed by atoms with E-state index in [1.165, 1.54) is 4.57 Å². The Balaban J connectivity index is 2.56. The standard InChI is InChI=1S/C13H17N3O4/c1-7-9(6-11(17)18)8(2)16(13(20)14-7)10-4-5-15(3)12(10)19/h10H,4-6H2,1-3H3,(H,17,18). The predicted octanol–water partition coefficient (Wildman–Crippen LogP) is -0.110. The Morgan fingerprint density at radius 1 is 1.40 bits per heavy atom. The summed E-state index contributed by atoms with van der Waals surface area (Å²) in [5.41, 5.74) is 0.922. The van der Waals surface area contributed by atoms with Gasteiger partial charge in [-0.25, -0.2) is 4.79 Å². The van der Waals surface area contributed by atoms with E-state index in [4.69, 9.17) is 5.11 Å². The maximum absolute atomic E-state index is 12.1. The number of likely N-dealkylation sites (N-methyl/N-ethyl adjacent to an activating group) is 1. The van der Waals surface area contributed by atoms with Crippen molar-refractivity contribution in [3.05, 3.63) is 27.4 Å². The lowest BCUT2D eigenvalue weighted by atomic mass is 10.1. The summed E-state index contributed by atoms with van der Waals surface area (Å²) < 4.78 is 1.33. The molecule has 108 valence electrons. The van der Waals surface area contributed by atoms with E-state index in [9.17, 15) is 14.4 Å². The lowest BCUT2D eigenvalue weighted by molar-refractivity contribution is -0.136. The lowest BCUT2D eigenvalue weighted by Crippen LogP contribution is -2.35. The number of carboxylic acid groups (broad SMARTS) is 1. The van der Waals surface area contributed by atoms with Crippen LogP contribution in [0.5, 0.6) is 0 Å². The van der Waals surface area contributed by atoms with Gasteiger partial charge in [0.25, 0.3) is 0 Å². The van der Waals surface area contributed by atoms with Gasteiger partial charge in [-0.3, -0.25) is 14.2 Å². The fourth-order valence-corrected chi connectivity index (χ4v) is 2.63. The van der Waals surface area contributed by atoms with Crippen LogP contribution in [0.1, 0.15) is 29.4 Å². The molecule has 0 spiro atoms. The van der Waals surface area contributed by atoms with Gasteiger partial charge < -0.3 is 10.0 Å². The SMILES string of the molecule is Cc1nc(=O)n(C2CCN(C)C2=O)c(C)c1CC(=O)O. The lowest BCUT2D eigenvalue weighted by Gasteiger charge is -2.19. The molecular formula is C13H17N3O4. The Morgan fingerprint density at radius 3 is 2.55 bits per heavy atom. The number of amides is 1. The maximum atomic E-state index is 12.1. The van der Waals surface area contributed by atoms with Crippen LogP contribution in [0.25, 0.3) is 0 Å². The van der Waals surface area contributed by atoms with Gasteiger partial charge >= 0.3 is 11.7 Å². The summed E-state index contributed by atoms with van der Waals surface area (Å²) in [7, 11) is 1.68. The first kappa shape index (κ1) is 14.2. The van der Waals surface area contributed by atoms with E-state index < -0.39 is 17.7 Å². The highest BCUT2D eigenvalue weighted by Crippen LogP contribution is 2.23. The summed E-state index contributed by atoms with van der Waals surface area (Å²) in [4.78, 5) is 40.5. The van der Waals surface area contributed by atoms with Crippen LogP contribution < -0.4 is 5.69 Å². The highest BCUT2D eigenvalue weighted by molar-refractivity contribution is 5.82. The second-order valence-corrected chi connectivity index (χ2v) is 5.05.